The zero-order valence-electron chi connectivity index (χ0n) is 16.0. The van der Waals surface area contributed by atoms with Crippen molar-refractivity contribution >= 4 is 11.8 Å². The van der Waals surface area contributed by atoms with Crippen LogP contribution in [-0.4, -0.2) is 23.7 Å². The number of carbonyl (C=O) groups excluding carboxylic acids is 1. The molecular weight excluding hydrogens is 411 g/mol. The molecule has 31 heavy (non-hydrogen) atoms. The van der Waals surface area contributed by atoms with Crippen LogP contribution < -0.4 is 20.1 Å². The maximum Gasteiger partial charge on any atom is 0.320 e. The first-order valence-electron chi connectivity index (χ1n) is 9.53. The standard InChI is InChI=1S/C22H16F3N3O3/c23-13-3-1-2-4-16(13)31-11-5-8-17(27-9-11)28(22(26)29)20-12-10-30-21-15(25)7-6-14(24)19(21)18(12)20/h1-9,12,18,20H,10H2,(H2,26,29)/t12-,18-,20-/m1/s1. The van der Waals surface area contributed by atoms with Gasteiger partial charge in [-0.15, -0.1) is 0 Å². The fourth-order valence-corrected chi connectivity index (χ4v) is 4.12. The highest BCUT2D eigenvalue weighted by molar-refractivity contribution is 5.91. The molecule has 6 nitrogen and oxygen atoms in total. The maximum absolute atomic E-state index is 14.4. The van der Waals surface area contributed by atoms with E-state index in [1.54, 1.807) is 12.1 Å². The molecule has 9 heteroatoms. The van der Waals surface area contributed by atoms with E-state index in [1.807, 2.05) is 0 Å². The predicted octanol–water partition coefficient (Wildman–Crippen LogP) is 4.35. The molecule has 2 N–H and O–H groups in total. The number of carbonyl (C=O) groups is 1. The van der Waals surface area contributed by atoms with Gasteiger partial charge >= 0.3 is 6.03 Å². The highest BCUT2D eigenvalue weighted by atomic mass is 19.1. The van der Waals surface area contributed by atoms with Crippen LogP contribution in [0.15, 0.2) is 54.7 Å². The molecule has 0 radical (unpaired) electrons. The van der Waals surface area contributed by atoms with Crippen LogP contribution in [0.3, 0.4) is 0 Å². The number of pyridine rings is 1. The fraction of sp³-hybridized carbons (Fsp3) is 0.182. The normalized spacial score (nSPS) is 20.8. The number of rotatable bonds is 4. The first kappa shape index (κ1) is 19.2. The predicted molar refractivity (Wildman–Crippen MR) is 105 cm³/mol. The summed E-state index contributed by atoms with van der Waals surface area (Å²) in [6.45, 7) is 0.126. The Morgan fingerprint density at radius 3 is 2.55 bits per heavy atom. The van der Waals surface area contributed by atoms with Crippen LogP contribution in [0, 0.1) is 23.4 Å². The van der Waals surface area contributed by atoms with Gasteiger partial charge in [0.25, 0.3) is 0 Å². The third kappa shape index (κ3) is 3.22. The number of ether oxygens (including phenoxy) is 2. The van der Waals surface area contributed by atoms with Crippen molar-refractivity contribution < 1.29 is 27.4 Å². The van der Waals surface area contributed by atoms with E-state index in [0.717, 1.165) is 12.1 Å². The Hall–Kier alpha value is -3.75. The van der Waals surface area contributed by atoms with E-state index in [4.69, 9.17) is 15.2 Å². The van der Waals surface area contributed by atoms with Gasteiger partial charge in [0.1, 0.15) is 17.4 Å². The van der Waals surface area contributed by atoms with E-state index < -0.39 is 35.4 Å². The first-order chi connectivity index (χ1) is 15.0. The van der Waals surface area contributed by atoms with Gasteiger partial charge in [0.2, 0.25) is 0 Å². The van der Waals surface area contributed by atoms with E-state index in [2.05, 4.69) is 4.98 Å². The monoisotopic (exact) mass is 427 g/mol. The third-order valence-corrected chi connectivity index (χ3v) is 5.54. The van der Waals surface area contributed by atoms with E-state index in [-0.39, 0.29) is 41.2 Å². The minimum atomic E-state index is -0.784. The molecule has 1 aromatic heterocycles. The number of hydrogen-bond donors (Lipinski definition) is 1. The smallest absolute Gasteiger partial charge is 0.320 e. The van der Waals surface area contributed by atoms with Crippen LogP contribution in [0.5, 0.6) is 17.2 Å². The molecule has 0 unspecified atom stereocenters. The number of hydrogen-bond acceptors (Lipinski definition) is 4. The SMILES string of the molecule is NC(=O)N(c1ccc(Oc2ccccc2F)cn1)[C@@H]1[C@@H]2COc3c(F)ccc(F)c3[C@@H]21. The minimum absolute atomic E-state index is 0.0308. The highest BCUT2D eigenvalue weighted by Crippen LogP contribution is 2.58. The fourth-order valence-electron chi connectivity index (χ4n) is 4.12. The number of nitrogens with zero attached hydrogens (tertiary/aromatic N) is 2. The average molecular weight is 427 g/mol. The van der Waals surface area contributed by atoms with E-state index in [1.165, 1.54) is 35.4 Å². The van der Waals surface area contributed by atoms with Crippen LogP contribution in [-0.2, 0) is 0 Å². The Morgan fingerprint density at radius 1 is 1.06 bits per heavy atom. The molecule has 1 aliphatic carbocycles. The summed E-state index contributed by atoms with van der Waals surface area (Å²) >= 11 is 0. The lowest BCUT2D eigenvalue weighted by Crippen LogP contribution is -2.39. The molecule has 1 fully saturated rings. The van der Waals surface area contributed by atoms with Gasteiger partial charge in [0.15, 0.2) is 23.1 Å². The molecule has 3 aromatic rings. The van der Waals surface area contributed by atoms with Gasteiger partial charge in [-0.05, 0) is 36.4 Å². The molecule has 1 saturated carbocycles. The number of para-hydroxylation sites is 1. The summed E-state index contributed by atoms with van der Waals surface area (Å²) in [5, 5.41) is 0. The van der Waals surface area contributed by atoms with Crippen molar-refractivity contribution in [1.29, 1.82) is 0 Å². The van der Waals surface area contributed by atoms with Crippen molar-refractivity contribution in [2.24, 2.45) is 11.7 Å². The number of anilines is 1. The topological polar surface area (TPSA) is 77.7 Å². The van der Waals surface area contributed by atoms with Crippen molar-refractivity contribution in [3.8, 4) is 17.2 Å². The lowest BCUT2D eigenvalue weighted by molar-refractivity contribution is 0.250. The zero-order valence-corrected chi connectivity index (χ0v) is 16.0. The van der Waals surface area contributed by atoms with Gasteiger partial charge in [-0.2, -0.15) is 0 Å². The first-order valence-corrected chi connectivity index (χ1v) is 9.53. The Kier molecular flexibility index (Phi) is 4.46. The molecule has 5 rings (SSSR count). The lowest BCUT2D eigenvalue weighted by Gasteiger charge is -2.20. The Bertz CT molecular complexity index is 1170. The van der Waals surface area contributed by atoms with Crippen LogP contribution in [0.2, 0.25) is 0 Å². The number of nitrogens with two attached hydrogens (primary N) is 1. The van der Waals surface area contributed by atoms with Crippen molar-refractivity contribution in [2.45, 2.75) is 12.0 Å². The van der Waals surface area contributed by atoms with E-state index in [9.17, 15) is 18.0 Å². The van der Waals surface area contributed by atoms with Crippen molar-refractivity contribution in [1.82, 2.24) is 4.98 Å². The summed E-state index contributed by atoms with van der Waals surface area (Å²) < 4.78 is 53.1. The van der Waals surface area contributed by atoms with Crippen molar-refractivity contribution in [3.05, 3.63) is 77.7 Å². The second kappa shape index (κ2) is 7.19. The molecular formula is C22H16F3N3O3. The van der Waals surface area contributed by atoms with Gasteiger partial charge in [-0.1, -0.05) is 12.1 Å². The molecule has 3 atom stereocenters. The molecule has 0 spiro atoms. The number of aromatic nitrogens is 1. The second-order valence-electron chi connectivity index (χ2n) is 7.36. The van der Waals surface area contributed by atoms with E-state index in [0.29, 0.717) is 0 Å². The summed E-state index contributed by atoms with van der Waals surface area (Å²) in [5.74, 6) is -2.10. The van der Waals surface area contributed by atoms with Crippen molar-refractivity contribution in [2.75, 3.05) is 11.5 Å². The quantitative estimate of drug-likeness (QED) is 0.672. The van der Waals surface area contributed by atoms with Gasteiger partial charge in [0.05, 0.1) is 18.8 Å². The molecule has 2 aliphatic rings. The Balaban J connectivity index is 1.42. The van der Waals surface area contributed by atoms with Crippen molar-refractivity contribution in [3.63, 3.8) is 0 Å². The lowest BCUT2D eigenvalue weighted by atomic mass is 10.0. The van der Waals surface area contributed by atoms with Gasteiger partial charge in [-0.25, -0.2) is 22.9 Å². The van der Waals surface area contributed by atoms with Gasteiger partial charge in [0, 0.05) is 17.4 Å². The Morgan fingerprint density at radius 2 is 1.84 bits per heavy atom. The molecule has 1 aliphatic heterocycles. The highest BCUT2D eigenvalue weighted by Gasteiger charge is 2.60. The third-order valence-electron chi connectivity index (χ3n) is 5.54. The minimum Gasteiger partial charge on any atom is -0.490 e. The van der Waals surface area contributed by atoms with Crippen LogP contribution >= 0.6 is 0 Å². The maximum atomic E-state index is 14.4. The molecule has 2 heterocycles. The van der Waals surface area contributed by atoms with Gasteiger partial charge in [-0.3, -0.25) is 4.90 Å². The summed E-state index contributed by atoms with van der Waals surface area (Å²) in [4.78, 5) is 17.7. The summed E-state index contributed by atoms with van der Waals surface area (Å²) in [7, 11) is 0. The average Bonchev–Trinajstić information content (AvgIpc) is 3.47. The summed E-state index contributed by atoms with van der Waals surface area (Å²) in [5.41, 5.74) is 5.69. The molecule has 158 valence electrons. The van der Waals surface area contributed by atoms with Crippen LogP contribution in [0.1, 0.15) is 11.5 Å². The second-order valence-corrected chi connectivity index (χ2v) is 7.36. The number of benzene rings is 2. The number of urea groups is 1. The number of amides is 2. The molecule has 0 bridgehead atoms. The summed E-state index contributed by atoms with van der Waals surface area (Å²) in [6, 6.07) is 9.66. The molecule has 2 aromatic carbocycles. The summed E-state index contributed by atoms with van der Waals surface area (Å²) in [6.07, 6.45) is 1.33. The number of halogens is 3. The van der Waals surface area contributed by atoms with Crippen LogP contribution in [0.25, 0.3) is 0 Å². The number of primary amides is 1. The van der Waals surface area contributed by atoms with Gasteiger partial charge < -0.3 is 15.2 Å². The number of fused-ring (bicyclic) bond motifs is 3. The molecule has 2 amide bonds. The van der Waals surface area contributed by atoms with Crippen LogP contribution in [0.4, 0.5) is 23.8 Å². The van der Waals surface area contributed by atoms with E-state index >= 15 is 0 Å². The Labute approximate surface area is 175 Å². The molecule has 0 saturated heterocycles. The largest absolute Gasteiger partial charge is 0.490 e. The zero-order chi connectivity index (χ0) is 21.7.